The van der Waals surface area contributed by atoms with Gasteiger partial charge in [-0.3, -0.25) is 0 Å². The van der Waals surface area contributed by atoms with Gasteiger partial charge in [0.25, 0.3) is 0 Å². The summed E-state index contributed by atoms with van der Waals surface area (Å²) in [5.74, 6) is 0. The maximum absolute atomic E-state index is 8.66. The highest BCUT2D eigenvalue weighted by Gasteiger charge is 2.27. The van der Waals surface area contributed by atoms with Gasteiger partial charge in [0.05, 0.1) is 26.4 Å². The molecule has 3 N–H and O–H groups in total. The third kappa shape index (κ3) is 4.69. The molecule has 2 rings (SSSR count). The molecule has 1 unspecified atom stereocenters. The number of hydrogen-bond acceptors (Lipinski definition) is 4. The molecule has 0 saturated carbocycles. The Bertz CT molecular complexity index is 237. The summed E-state index contributed by atoms with van der Waals surface area (Å²) in [6.45, 7) is 2.35. The molecule has 4 heteroatoms. The first kappa shape index (κ1) is 15.6. The van der Waals surface area contributed by atoms with Crippen molar-refractivity contribution >= 4 is 0 Å². The lowest BCUT2D eigenvalue weighted by atomic mass is 9.88. The van der Waals surface area contributed by atoms with Crippen LogP contribution in [0.2, 0.25) is 0 Å². The quantitative estimate of drug-likeness (QED) is 0.512. The van der Waals surface area contributed by atoms with Crippen LogP contribution in [0.25, 0.3) is 0 Å². The number of allylic oxidation sites excluding steroid dienone is 1. The van der Waals surface area contributed by atoms with Crippen LogP contribution in [0.1, 0.15) is 39.0 Å². The summed E-state index contributed by atoms with van der Waals surface area (Å²) < 4.78 is 5.18. The van der Waals surface area contributed by atoms with Crippen molar-refractivity contribution in [1.29, 1.82) is 0 Å². The molecule has 0 bridgehead atoms. The second-order valence-corrected chi connectivity index (χ2v) is 5.17. The van der Waals surface area contributed by atoms with E-state index in [0.29, 0.717) is 12.5 Å². The molecule has 1 aliphatic heterocycles. The molecule has 4 nitrogen and oxygen atoms in total. The van der Waals surface area contributed by atoms with E-state index in [9.17, 15) is 0 Å². The molecule has 1 heterocycles. The van der Waals surface area contributed by atoms with Crippen LogP contribution in [-0.4, -0.2) is 47.9 Å². The van der Waals surface area contributed by atoms with Crippen LogP contribution in [0.15, 0.2) is 11.6 Å². The molecule has 0 aromatic rings. The lowest BCUT2D eigenvalue weighted by Crippen LogP contribution is -2.32. The third-order valence-electron chi connectivity index (χ3n) is 3.83. The van der Waals surface area contributed by atoms with Gasteiger partial charge in [0.15, 0.2) is 0 Å². The Morgan fingerprint density at radius 3 is 2.11 bits per heavy atom. The van der Waals surface area contributed by atoms with Crippen molar-refractivity contribution in [3.63, 3.8) is 0 Å². The summed E-state index contributed by atoms with van der Waals surface area (Å²) >= 11 is 0. The molecule has 0 aromatic carbocycles. The van der Waals surface area contributed by atoms with Gasteiger partial charge in [0.2, 0.25) is 0 Å². The number of rotatable bonds is 5. The van der Waals surface area contributed by atoms with E-state index >= 15 is 0 Å². The van der Waals surface area contributed by atoms with Crippen LogP contribution in [0.5, 0.6) is 0 Å². The van der Waals surface area contributed by atoms with Crippen molar-refractivity contribution in [2.75, 3.05) is 26.4 Å². The van der Waals surface area contributed by atoms with E-state index in [-0.39, 0.29) is 19.8 Å². The Morgan fingerprint density at radius 2 is 1.83 bits per heavy atom. The van der Waals surface area contributed by atoms with Crippen molar-refractivity contribution in [3.05, 3.63) is 11.6 Å². The molecule has 0 radical (unpaired) electrons. The van der Waals surface area contributed by atoms with E-state index in [0.717, 1.165) is 6.61 Å². The van der Waals surface area contributed by atoms with Gasteiger partial charge in [0, 0.05) is 5.41 Å². The van der Waals surface area contributed by atoms with E-state index in [4.69, 9.17) is 20.1 Å². The molecule has 106 valence electrons. The summed E-state index contributed by atoms with van der Waals surface area (Å²) in [6, 6.07) is 0. The normalized spacial score (nSPS) is 22.9. The zero-order valence-electron chi connectivity index (χ0n) is 11.3. The van der Waals surface area contributed by atoms with Gasteiger partial charge in [-0.15, -0.1) is 0 Å². The first-order valence-electron chi connectivity index (χ1n) is 6.84. The first-order valence-corrected chi connectivity index (χ1v) is 6.84. The van der Waals surface area contributed by atoms with Gasteiger partial charge in [-0.2, -0.15) is 0 Å². The fraction of sp³-hybridized carbons (Fsp3) is 0.857. The Kier molecular flexibility index (Phi) is 6.86. The van der Waals surface area contributed by atoms with E-state index < -0.39 is 5.41 Å². The minimum absolute atomic E-state index is 0.156. The Labute approximate surface area is 109 Å². The predicted molar refractivity (Wildman–Crippen MR) is 70.3 cm³/mol. The van der Waals surface area contributed by atoms with Crippen molar-refractivity contribution in [2.24, 2.45) is 5.41 Å². The highest BCUT2D eigenvalue weighted by molar-refractivity contribution is 5.14. The summed E-state index contributed by atoms with van der Waals surface area (Å²) in [6.07, 6.45) is 8.85. The van der Waals surface area contributed by atoms with Crippen LogP contribution >= 0.6 is 0 Å². The summed E-state index contributed by atoms with van der Waals surface area (Å²) in [4.78, 5) is 0. The Hall–Kier alpha value is -0.420. The number of aliphatic hydroxyl groups excluding tert-OH is 3. The van der Waals surface area contributed by atoms with Gasteiger partial charge >= 0.3 is 0 Å². The highest BCUT2D eigenvalue weighted by atomic mass is 16.6. The standard InChI is InChI=1S/C8H12O.C6H14O3/c1-2-4-7(5-3-1)8-6-9-8;1-2-6(3-7,4-8)5-9/h4,8H,1-3,5-6H2;7-9H,2-5H2,1H3. The van der Waals surface area contributed by atoms with Crippen LogP contribution in [0.4, 0.5) is 0 Å². The monoisotopic (exact) mass is 258 g/mol. The van der Waals surface area contributed by atoms with Crippen molar-refractivity contribution in [3.8, 4) is 0 Å². The number of hydrogen-bond donors (Lipinski definition) is 3. The third-order valence-corrected chi connectivity index (χ3v) is 3.83. The zero-order valence-corrected chi connectivity index (χ0v) is 11.3. The van der Waals surface area contributed by atoms with Gasteiger partial charge < -0.3 is 20.1 Å². The molecule has 2 aliphatic rings. The van der Waals surface area contributed by atoms with Gasteiger partial charge in [-0.05, 0) is 37.7 Å². The smallest absolute Gasteiger partial charge is 0.102 e. The maximum atomic E-state index is 8.66. The average molecular weight is 258 g/mol. The van der Waals surface area contributed by atoms with Crippen molar-refractivity contribution in [1.82, 2.24) is 0 Å². The van der Waals surface area contributed by atoms with E-state index in [1.54, 1.807) is 5.57 Å². The summed E-state index contributed by atoms with van der Waals surface area (Å²) in [5.41, 5.74) is 0.904. The summed E-state index contributed by atoms with van der Waals surface area (Å²) in [7, 11) is 0. The van der Waals surface area contributed by atoms with E-state index in [2.05, 4.69) is 6.08 Å². The van der Waals surface area contributed by atoms with Crippen LogP contribution < -0.4 is 0 Å². The van der Waals surface area contributed by atoms with E-state index in [1.165, 1.54) is 25.7 Å². The Morgan fingerprint density at radius 1 is 1.22 bits per heavy atom. The zero-order chi connectivity index (χ0) is 13.4. The maximum Gasteiger partial charge on any atom is 0.102 e. The molecule has 1 fully saturated rings. The lowest BCUT2D eigenvalue weighted by molar-refractivity contribution is 0.00304. The second-order valence-electron chi connectivity index (χ2n) is 5.17. The topological polar surface area (TPSA) is 73.2 Å². The number of epoxide rings is 1. The van der Waals surface area contributed by atoms with Crippen LogP contribution in [0, 0.1) is 5.41 Å². The van der Waals surface area contributed by atoms with E-state index in [1.807, 2.05) is 6.92 Å². The second kappa shape index (κ2) is 7.89. The van der Waals surface area contributed by atoms with Gasteiger partial charge in [-0.1, -0.05) is 13.0 Å². The van der Waals surface area contributed by atoms with Gasteiger partial charge in [0.1, 0.15) is 6.10 Å². The minimum atomic E-state index is -0.667. The molecular formula is C14H26O4. The average Bonchev–Trinajstić information content (AvgIpc) is 3.28. The lowest BCUT2D eigenvalue weighted by Gasteiger charge is -2.24. The highest BCUT2D eigenvalue weighted by Crippen LogP contribution is 2.28. The first-order chi connectivity index (χ1) is 8.71. The number of ether oxygens (including phenoxy) is 1. The number of aliphatic hydroxyl groups is 3. The molecule has 1 aliphatic carbocycles. The summed E-state index contributed by atoms with van der Waals surface area (Å²) in [5, 5.41) is 26.0. The van der Waals surface area contributed by atoms with Gasteiger partial charge in [-0.25, -0.2) is 0 Å². The molecule has 0 aromatic heterocycles. The SMILES string of the molecule is C1=C(C2CO2)CCCC1.CCC(CO)(CO)CO. The predicted octanol–water partition coefficient (Wildman–Crippen LogP) is 1.25. The van der Waals surface area contributed by atoms with Crippen molar-refractivity contribution in [2.45, 2.75) is 45.1 Å². The Balaban J connectivity index is 0.000000180. The van der Waals surface area contributed by atoms with Crippen molar-refractivity contribution < 1.29 is 20.1 Å². The largest absolute Gasteiger partial charge is 0.396 e. The fourth-order valence-corrected chi connectivity index (χ4v) is 1.90. The van der Waals surface area contributed by atoms with Crippen LogP contribution in [0.3, 0.4) is 0 Å². The molecule has 0 amide bonds. The fourth-order valence-electron chi connectivity index (χ4n) is 1.90. The molecule has 18 heavy (non-hydrogen) atoms. The molecule has 1 atom stereocenters. The molecule has 1 saturated heterocycles. The minimum Gasteiger partial charge on any atom is -0.396 e. The van der Waals surface area contributed by atoms with Crippen LogP contribution in [-0.2, 0) is 4.74 Å². The molecular weight excluding hydrogens is 232 g/mol. The molecule has 0 spiro atoms.